The fraction of sp³-hybridized carbons (Fsp3) is 0.857. The van der Waals surface area contributed by atoms with Crippen molar-refractivity contribution >= 4 is 22.6 Å². The number of aliphatic hydroxyl groups excluding tert-OH is 1. The second-order valence-electron chi connectivity index (χ2n) is 20.8. The molecule has 9 heteroatoms. The molecular formula is C49H88O7Si2. The molecule has 0 aliphatic carbocycles. The number of allylic oxidation sites excluding steroid dienone is 2. The van der Waals surface area contributed by atoms with Gasteiger partial charge in [-0.05, 0) is 133 Å². The van der Waals surface area contributed by atoms with Crippen LogP contribution in [0.25, 0.3) is 0 Å². The van der Waals surface area contributed by atoms with Gasteiger partial charge in [0.15, 0.2) is 16.6 Å². The Labute approximate surface area is 358 Å². The third-order valence-electron chi connectivity index (χ3n) is 13.6. The molecule has 8 atom stereocenters. The second-order valence-corrected chi connectivity index (χ2v) is 30.3. The standard InChI is InChI=1S/C49H88O7Si2/c1-13-14-15-25-29-40-30-27-32-43(53-40)46(56-58(11,12)49(6,7)8)34-33-41(50)42-35-36-44(54-42)45(55-57(9,10)48(3,4)5)31-26-23-21-19-17-16-18-20-22-24-28-39-37-38(2)52-47(39)51/h16-17,37-38,40-46,50H,13-15,18-32,35-36H2,1-12H3/b17-16+/t38-,40-,41-,42+,43-,44+,45+,46-/m0/s1. The van der Waals surface area contributed by atoms with E-state index in [0.29, 0.717) is 0 Å². The number of unbranched alkanes of at least 4 members (excludes halogenated alkanes) is 9. The zero-order valence-corrected chi connectivity index (χ0v) is 41.4. The number of cyclic esters (lactones) is 1. The van der Waals surface area contributed by atoms with Gasteiger partial charge in [-0.15, -0.1) is 0 Å². The topological polar surface area (TPSA) is 83.5 Å². The van der Waals surface area contributed by atoms with Crippen molar-refractivity contribution in [1.82, 2.24) is 0 Å². The minimum absolute atomic E-state index is 0.0197. The van der Waals surface area contributed by atoms with E-state index in [1.54, 1.807) is 0 Å². The van der Waals surface area contributed by atoms with Gasteiger partial charge in [-0.2, -0.15) is 0 Å². The van der Waals surface area contributed by atoms with Gasteiger partial charge in [0.05, 0.1) is 30.5 Å². The highest BCUT2D eigenvalue weighted by Crippen LogP contribution is 2.41. The molecule has 0 spiro atoms. The van der Waals surface area contributed by atoms with Gasteiger partial charge in [-0.25, -0.2) is 4.79 Å². The Balaban J connectivity index is 1.54. The maximum absolute atomic E-state index is 11.8. The molecule has 3 heterocycles. The van der Waals surface area contributed by atoms with Crippen LogP contribution in [0.15, 0.2) is 23.8 Å². The molecule has 0 amide bonds. The highest BCUT2D eigenvalue weighted by molar-refractivity contribution is 6.74. The van der Waals surface area contributed by atoms with Crippen molar-refractivity contribution < 1.29 is 33.0 Å². The van der Waals surface area contributed by atoms with Crippen LogP contribution in [0.1, 0.15) is 184 Å². The number of hydrogen-bond donors (Lipinski definition) is 1. The van der Waals surface area contributed by atoms with Crippen LogP contribution in [-0.2, 0) is 27.9 Å². The van der Waals surface area contributed by atoms with Crippen molar-refractivity contribution in [2.45, 2.75) is 269 Å². The Morgan fingerprint density at radius 3 is 2.02 bits per heavy atom. The molecule has 0 bridgehead atoms. The van der Waals surface area contributed by atoms with Gasteiger partial charge in [-0.3, -0.25) is 0 Å². The first kappa shape index (κ1) is 51.1. The van der Waals surface area contributed by atoms with E-state index in [4.69, 9.17) is 23.1 Å². The van der Waals surface area contributed by atoms with Gasteiger partial charge in [0, 0.05) is 5.57 Å². The first-order valence-corrected chi connectivity index (χ1v) is 29.5. The molecule has 3 aliphatic rings. The van der Waals surface area contributed by atoms with E-state index >= 15 is 0 Å². The van der Waals surface area contributed by atoms with Gasteiger partial charge in [0.2, 0.25) is 0 Å². The van der Waals surface area contributed by atoms with Crippen LogP contribution in [0.3, 0.4) is 0 Å². The number of hydrogen-bond acceptors (Lipinski definition) is 7. The summed E-state index contributed by atoms with van der Waals surface area (Å²) in [6.07, 6.45) is 26.9. The molecule has 0 radical (unpaired) electrons. The Kier molecular flexibility index (Phi) is 21.5. The van der Waals surface area contributed by atoms with E-state index in [1.165, 1.54) is 32.1 Å². The monoisotopic (exact) mass is 845 g/mol. The lowest BCUT2D eigenvalue weighted by atomic mass is 9.97. The maximum atomic E-state index is 11.8. The van der Waals surface area contributed by atoms with E-state index < -0.39 is 22.7 Å². The Hall–Kier alpha value is -1.26. The summed E-state index contributed by atoms with van der Waals surface area (Å²) in [4.78, 5) is 11.8. The largest absolute Gasteiger partial charge is 0.455 e. The van der Waals surface area contributed by atoms with Crippen LogP contribution in [0.5, 0.6) is 0 Å². The van der Waals surface area contributed by atoms with Crippen LogP contribution < -0.4 is 0 Å². The smallest absolute Gasteiger partial charge is 0.334 e. The Morgan fingerprint density at radius 2 is 1.40 bits per heavy atom. The van der Waals surface area contributed by atoms with Gasteiger partial charge >= 0.3 is 5.97 Å². The molecule has 2 fully saturated rings. The summed E-state index contributed by atoms with van der Waals surface area (Å²) in [5.74, 6) is 6.56. The molecule has 0 aromatic carbocycles. The fourth-order valence-corrected chi connectivity index (χ4v) is 10.4. The lowest BCUT2D eigenvalue weighted by Gasteiger charge is -2.41. The molecule has 7 nitrogen and oxygen atoms in total. The summed E-state index contributed by atoms with van der Waals surface area (Å²) in [5, 5.41) is 11.7. The van der Waals surface area contributed by atoms with E-state index in [-0.39, 0.29) is 58.8 Å². The summed E-state index contributed by atoms with van der Waals surface area (Å²) in [5.41, 5.74) is 0.851. The van der Waals surface area contributed by atoms with Crippen molar-refractivity contribution in [2.24, 2.45) is 0 Å². The Bertz CT molecular complexity index is 1330. The highest BCUT2D eigenvalue weighted by Gasteiger charge is 2.44. The van der Waals surface area contributed by atoms with Gasteiger partial charge in [-0.1, -0.05) is 117 Å². The van der Waals surface area contributed by atoms with Crippen LogP contribution in [0, 0.1) is 11.8 Å². The van der Waals surface area contributed by atoms with Crippen molar-refractivity contribution in [3.8, 4) is 11.8 Å². The van der Waals surface area contributed by atoms with Crippen molar-refractivity contribution in [3.63, 3.8) is 0 Å². The van der Waals surface area contributed by atoms with Crippen molar-refractivity contribution in [2.75, 3.05) is 0 Å². The number of carbonyl (C=O) groups is 1. The van der Waals surface area contributed by atoms with Crippen LogP contribution in [-0.4, -0.2) is 76.5 Å². The number of ether oxygens (including phenoxy) is 3. The third kappa shape index (κ3) is 17.2. The Morgan fingerprint density at radius 1 is 0.776 bits per heavy atom. The SMILES string of the molecule is CCCCCC[C@H]1CCC[C@@H]([C@H](C#C[C@H](O)[C@H]2CC[C@H]([C@@H](CCCCC/C=C/CCCCCC3=C[C@H](C)OC3=O)O[Si](C)(C)C(C)(C)C)O2)O[Si](C)(C)C(C)(C)C)O1. The molecule has 0 aromatic rings. The lowest BCUT2D eigenvalue weighted by Crippen LogP contribution is -2.48. The predicted octanol–water partition coefficient (Wildman–Crippen LogP) is 12.9. The second kappa shape index (κ2) is 24.4. The average molecular weight is 845 g/mol. The van der Waals surface area contributed by atoms with E-state index in [0.717, 1.165) is 102 Å². The van der Waals surface area contributed by atoms with E-state index in [1.807, 2.05) is 13.0 Å². The molecule has 1 N–H and O–H groups in total. The number of esters is 1. The third-order valence-corrected chi connectivity index (χ3v) is 22.6. The first-order valence-electron chi connectivity index (χ1n) is 23.7. The molecule has 334 valence electrons. The van der Waals surface area contributed by atoms with Gasteiger partial charge in [0.1, 0.15) is 18.3 Å². The number of aliphatic hydroxyl groups is 1. The molecule has 0 saturated carbocycles. The van der Waals surface area contributed by atoms with Crippen LogP contribution in [0.2, 0.25) is 36.3 Å². The van der Waals surface area contributed by atoms with Gasteiger partial charge in [0.25, 0.3) is 0 Å². The highest BCUT2D eigenvalue weighted by atomic mass is 28.4. The first-order chi connectivity index (χ1) is 27.2. The zero-order valence-electron chi connectivity index (χ0n) is 39.4. The fourth-order valence-electron chi connectivity index (χ4n) is 7.78. The van der Waals surface area contributed by atoms with Crippen molar-refractivity contribution in [3.05, 3.63) is 23.8 Å². The van der Waals surface area contributed by atoms with E-state index in [2.05, 4.69) is 98.6 Å². The van der Waals surface area contributed by atoms with Crippen LogP contribution in [0.4, 0.5) is 0 Å². The minimum Gasteiger partial charge on any atom is -0.455 e. The molecule has 2 saturated heterocycles. The predicted molar refractivity (Wildman–Crippen MR) is 246 cm³/mol. The van der Waals surface area contributed by atoms with Crippen molar-refractivity contribution in [1.29, 1.82) is 0 Å². The molecule has 3 rings (SSSR count). The average Bonchev–Trinajstić information content (AvgIpc) is 3.76. The summed E-state index contributed by atoms with van der Waals surface area (Å²) in [6.45, 7) is 27.1. The van der Waals surface area contributed by atoms with Gasteiger partial charge < -0.3 is 28.2 Å². The molecule has 3 aliphatic heterocycles. The summed E-state index contributed by atoms with van der Waals surface area (Å²) in [7, 11) is -4.18. The molecular weight excluding hydrogens is 757 g/mol. The summed E-state index contributed by atoms with van der Waals surface area (Å²) in [6, 6.07) is 0. The minimum atomic E-state index is -2.14. The summed E-state index contributed by atoms with van der Waals surface area (Å²) >= 11 is 0. The normalized spacial score (nSPS) is 25.0. The molecule has 0 unspecified atom stereocenters. The molecule has 58 heavy (non-hydrogen) atoms. The number of carbonyl (C=O) groups excluding carboxylic acids is 1. The van der Waals surface area contributed by atoms with E-state index in [9.17, 15) is 9.90 Å². The zero-order chi connectivity index (χ0) is 43.0. The number of rotatable bonds is 24. The molecule has 0 aromatic heterocycles. The van der Waals surface area contributed by atoms with Crippen LogP contribution >= 0.6 is 0 Å². The quantitative estimate of drug-likeness (QED) is 0.0341. The maximum Gasteiger partial charge on any atom is 0.334 e. The summed E-state index contributed by atoms with van der Waals surface area (Å²) < 4.78 is 32.7. The lowest BCUT2D eigenvalue weighted by molar-refractivity contribution is -0.139.